The van der Waals surface area contributed by atoms with Gasteiger partial charge < -0.3 is 25.2 Å². The largest absolute Gasteiger partial charge is 0.490 e. The van der Waals surface area contributed by atoms with Gasteiger partial charge in [-0.2, -0.15) is 0 Å². The number of nitrogens with zero attached hydrogens (tertiary/aromatic N) is 3. The van der Waals surface area contributed by atoms with Crippen LogP contribution in [0.5, 0.6) is 5.75 Å². The van der Waals surface area contributed by atoms with Crippen molar-refractivity contribution >= 4 is 58.2 Å². The number of aliphatic carboxylic acids is 1. The fourth-order valence-corrected chi connectivity index (χ4v) is 4.66. The Morgan fingerprint density at radius 1 is 1.14 bits per heavy atom. The molecule has 2 heterocycles. The second-order valence-electron chi connectivity index (χ2n) is 9.02. The average molecular weight is 630 g/mol. The molecule has 43 heavy (non-hydrogen) atoms. The number of ether oxygens (including phenoxy) is 2. The lowest BCUT2D eigenvalue weighted by molar-refractivity contribution is -0.385. The number of hydrogen-bond donors (Lipinski definition) is 3. The number of methoxy groups -OCH3 is 1. The number of nitro groups is 1. The summed E-state index contributed by atoms with van der Waals surface area (Å²) in [5.41, 5.74) is 0.790. The summed E-state index contributed by atoms with van der Waals surface area (Å²) < 4.78 is 11.6. The van der Waals surface area contributed by atoms with Crippen molar-refractivity contribution in [1.29, 1.82) is 0 Å². The SMILES string of the molecule is CCOC(=O)CNc1c(-c2ccc(OC)c([N+](=O)[O-])c2)nc2c(C(=O)NC(CC(=O)O)c3ccc(Cl)c(Cl)c3)cccn12. The predicted octanol–water partition coefficient (Wildman–Crippen LogP) is 5.15. The number of imidazole rings is 1. The van der Waals surface area contributed by atoms with Crippen LogP contribution in [0.3, 0.4) is 0 Å². The predicted molar refractivity (Wildman–Crippen MR) is 158 cm³/mol. The summed E-state index contributed by atoms with van der Waals surface area (Å²) in [5.74, 6) is -2.09. The van der Waals surface area contributed by atoms with E-state index in [0.29, 0.717) is 11.1 Å². The van der Waals surface area contributed by atoms with Gasteiger partial charge in [0.1, 0.15) is 18.1 Å². The fourth-order valence-electron chi connectivity index (χ4n) is 4.35. The number of amides is 1. The van der Waals surface area contributed by atoms with E-state index in [9.17, 15) is 29.6 Å². The highest BCUT2D eigenvalue weighted by molar-refractivity contribution is 6.42. The molecule has 224 valence electrons. The number of hydrogen-bond acceptors (Lipinski definition) is 9. The Balaban J connectivity index is 1.81. The monoisotopic (exact) mass is 629 g/mol. The topological polar surface area (TPSA) is 174 Å². The number of carboxylic acids is 1. The lowest BCUT2D eigenvalue weighted by Crippen LogP contribution is -2.30. The van der Waals surface area contributed by atoms with Crippen molar-refractivity contribution in [2.75, 3.05) is 25.6 Å². The minimum atomic E-state index is -1.16. The fraction of sp³-hybridized carbons (Fsp3) is 0.214. The number of nitrogens with one attached hydrogen (secondary N) is 2. The van der Waals surface area contributed by atoms with Crippen LogP contribution >= 0.6 is 23.2 Å². The first-order chi connectivity index (χ1) is 20.5. The molecule has 4 aromatic rings. The number of carbonyl (C=O) groups excluding carboxylic acids is 2. The number of nitro benzene ring substituents is 1. The Kier molecular flexibility index (Phi) is 9.68. The molecule has 15 heteroatoms. The number of carboxylic acid groups (broad SMARTS) is 1. The van der Waals surface area contributed by atoms with Crippen LogP contribution in [0.1, 0.15) is 35.3 Å². The second kappa shape index (κ2) is 13.4. The second-order valence-corrected chi connectivity index (χ2v) is 9.84. The maximum Gasteiger partial charge on any atom is 0.325 e. The van der Waals surface area contributed by atoms with Gasteiger partial charge in [-0.05, 0) is 48.9 Å². The molecule has 13 nitrogen and oxygen atoms in total. The van der Waals surface area contributed by atoms with Gasteiger partial charge in [0.25, 0.3) is 5.91 Å². The molecule has 0 aliphatic heterocycles. The maximum absolute atomic E-state index is 13.6. The van der Waals surface area contributed by atoms with Crippen LogP contribution in [0.25, 0.3) is 16.9 Å². The molecule has 0 aliphatic carbocycles. The molecular weight excluding hydrogens is 605 g/mol. The third-order valence-corrected chi connectivity index (χ3v) is 7.02. The zero-order chi connectivity index (χ0) is 31.3. The quantitative estimate of drug-likeness (QED) is 0.108. The molecule has 0 aliphatic rings. The summed E-state index contributed by atoms with van der Waals surface area (Å²) in [6.45, 7) is 1.56. The van der Waals surface area contributed by atoms with Gasteiger partial charge in [0.15, 0.2) is 11.4 Å². The molecule has 0 fully saturated rings. The molecule has 1 unspecified atom stereocenters. The average Bonchev–Trinajstić information content (AvgIpc) is 3.35. The van der Waals surface area contributed by atoms with Crippen LogP contribution in [0.4, 0.5) is 11.5 Å². The molecule has 0 bridgehead atoms. The first-order valence-corrected chi connectivity index (χ1v) is 13.5. The van der Waals surface area contributed by atoms with Crippen molar-refractivity contribution in [1.82, 2.24) is 14.7 Å². The van der Waals surface area contributed by atoms with E-state index < -0.39 is 35.2 Å². The summed E-state index contributed by atoms with van der Waals surface area (Å²) in [7, 11) is 1.31. The lowest BCUT2D eigenvalue weighted by atomic mass is 10.0. The lowest BCUT2D eigenvalue weighted by Gasteiger charge is -2.18. The highest BCUT2D eigenvalue weighted by Crippen LogP contribution is 2.36. The van der Waals surface area contributed by atoms with Crippen molar-refractivity contribution < 1.29 is 33.9 Å². The van der Waals surface area contributed by atoms with Crippen LogP contribution in [-0.2, 0) is 14.3 Å². The third kappa shape index (κ3) is 6.96. The van der Waals surface area contributed by atoms with Gasteiger partial charge in [-0.1, -0.05) is 29.3 Å². The van der Waals surface area contributed by atoms with E-state index in [-0.39, 0.29) is 57.4 Å². The van der Waals surface area contributed by atoms with E-state index in [4.69, 9.17) is 32.7 Å². The molecule has 2 aromatic carbocycles. The van der Waals surface area contributed by atoms with Gasteiger partial charge >= 0.3 is 17.6 Å². The number of carbonyl (C=O) groups is 3. The third-order valence-electron chi connectivity index (χ3n) is 6.28. The van der Waals surface area contributed by atoms with Crippen molar-refractivity contribution in [2.24, 2.45) is 0 Å². The number of pyridine rings is 1. The van der Waals surface area contributed by atoms with Gasteiger partial charge in [-0.25, -0.2) is 4.98 Å². The summed E-state index contributed by atoms with van der Waals surface area (Å²) >= 11 is 12.1. The normalized spacial score (nSPS) is 11.5. The van der Waals surface area contributed by atoms with Crippen molar-refractivity contribution in [3.63, 3.8) is 0 Å². The first-order valence-electron chi connectivity index (χ1n) is 12.7. The van der Waals surface area contributed by atoms with Gasteiger partial charge in [-0.3, -0.25) is 28.9 Å². The minimum absolute atomic E-state index is 0.0328. The Bertz CT molecular complexity index is 1730. The summed E-state index contributed by atoms with van der Waals surface area (Å²) in [6, 6.07) is 10.8. The summed E-state index contributed by atoms with van der Waals surface area (Å²) in [4.78, 5) is 53.1. The van der Waals surface area contributed by atoms with E-state index in [1.807, 2.05) is 0 Å². The van der Waals surface area contributed by atoms with Gasteiger partial charge in [0, 0.05) is 17.8 Å². The molecule has 4 rings (SSSR count). The molecule has 1 amide bonds. The van der Waals surface area contributed by atoms with Crippen LogP contribution in [0.15, 0.2) is 54.7 Å². The minimum Gasteiger partial charge on any atom is -0.490 e. The van der Waals surface area contributed by atoms with Gasteiger partial charge in [-0.15, -0.1) is 0 Å². The molecule has 0 saturated carbocycles. The maximum atomic E-state index is 13.6. The zero-order valence-electron chi connectivity index (χ0n) is 22.8. The summed E-state index contributed by atoms with van der Waals surface area (Å²) in [5, 5.41) is 27.3. The van der Waals surface area contributed by atoms with Crippen molar-refractivity contribution in [3.8, 4) is 17.0 Å². The smallest absolute Gasteiger partial charge is 0.325 e. The molecule has 1 atom stereocenters. The molecule has 0 saturated heterocycles. The van der Waals surface area contributed by atoms with E-state index in [2.05, 4.69) is 15.6 Å². The number of fused-ring (bicyclic) bond motifs is 1. The Labute approximate surface area is 254 Å². The first kappa shape index (κ1) is 31.1. The molecule has 2 aromatic heterocycles. The van der Waals surface area contributed by atoms with E-state index in [1.54, 1.807) is 31.3 Å². The highest BCUT2D eigenvalue weighted by atomic mass is 35.5. The van der Waals surface area contributed by atoms with Crippen LogP contribution < -0.4 is 15.4 Å². The number of esters is 1. The molecule has 0 radical (unpaired) electrons. The summed E-state index contributed by atoms with van der Waals surface area (Å²) in [6.07, 6.45) is 1.14. The Morgan fingerprint density at radius 2 is 1.91 bits per heavy atom. The standard InChI is InChI=1S/C28H25Cl2N5O8/c1-3-43-24(38)14-31-27-25(16-7-9-22(42-2)21(12-16)35(40)41)33-26-17(5-4-10-34(26)27)28(39)32-20(13-23(36)37)15-6-8-18(29)19(30)11-15/h4-12,20,31H,3,13-14H2,1-2H3,(H,32,39)(H,36,37). The van der Waals surface area contributed by atoms with E-state index in [1.165, 1.54) is 41.8 Å². The number of aromatic nitrogens is 2. The van der Waals surface area contributed by atoms with Crippen LogP contribution in [-0.4, -0.2) is 57.5 Å². The number of benzene rings is 2. The van der Waals surface area contributed by atoms with Crippen LogP contribution in [0.2, 0.25) is 10.0 Å². The molecular formula is C28H25Cl2N5O8. The number of halogens is 2. The Morgan fingerprint density at radius 3 is 2.56 bits per heavy atom. The van der Waals surface area contributed by atoms with Gasteiger partial charge in [0.05, 0.1) is 46.7 Å². The number of rotatable bonds is 12. The molecule has 3 N–H and O–H groups in total. The number of anilines is 1. The highest BCUT2D eigenvalue weighted by Gasteiger charge is 2.25. The zero-order valence-corrected chi connectivity index (χ0v) is 24.3. The molecule has 0 spiro atoms. The van der Waals surface area contributed by atoms with Crippen molar-refractivity contribution in [2.45, 2.75) is 19.4 Å². The van der Waals surface area contributed by atoms with Crippen LogP contribution in [0, 0.1) is 10.1 Å². The van der Waals surface area contributed by atoms with Gasteiger partial charge in [0.2, 0.25) is 0 Å². The van der Waals surface area contributed by atoms with Crippen molar-refractivity contribution in [3.05, 3.63) is 86.0 Å². The van der Waals surface area contributed by atoms with E-state index >= 15 is 0 Å². The van der Waals surface area contributed by atoms with E-state index in [0.717, 1.165) is 0 Å². The Hall–Kier alpha value is -4.88.